The molecule has 2 fully saturated rings. The van der Waals surface area contributed by atoms with Gasteiger partial charge in [-0.2, -0.15) is 0 Å². The van der Waals surface area contributed by atoms with Crippen LogP contribution >= 0.6 is 0 Å². The van der Waals surface area contributed by atoms with E-state index in [-0.39, 0.29) is 41.6 Å². The molecular weight excluding hydrogens is 555 g/mol. The van der Waals surface area contributed by atoms with Crippen LogP contribution in [0.3, 0.4) is 0 Å². The number of likely N-dealkylation sites (tertiary alicyclic amines) is 1. The third-order valence-electron chi connectivity index (χ3n) is 8.74. The molecule has 2 saturated heterocycles. The van der Waals surface area contributed by atoms with Crippen LogP contribution in [0.25, 0.3) is 0 Å². The van der Waals surface area contributed by atoms with E-state index in [4.69, 9.17) is 0 Å². The number of hydrogen-bond donors (Lipinski definition) is 1. The number of carbonyl (C=O) groups excluding carboxylic acids is 2. The number of halogens is 3. The van der Waals surface area contributed by atoms with Gasteiger partial charge in [0.2, 0.25) is 11.8 Å². The summed E-state index contributed by atoms with van der Waals surface area (Å²) in [4.78, 5) is 34.5. The highest BCUT2D eigenvalue weighted by atomic mass is 19.1. The van der Waals surface area contributed by atoms with Gasteiger partial charge in [-0.25, -0.2) is 13.2 Å². The van der Waals surface area contributed by atoms with Gasteiger partial charge < -0.3 is 20.0 Å². The number of para-hydroxylation sites is 1. The first-order valence-corrected chi connectivity index (χ1v) is 15.3. The summed E-state index contributed by atoms with van der Waals surface area (Å²) in [7, 11) is 3.83. The monoisotopic (exact) mass is 601 g/mol. The molecule has 7 nitrogen and oxygen atoms in total. The maximum atomic E-state index is 15.5. The van der Waals surface area contributed by atoms with Crippen molar-refractivity contribution in [1.82, 2.24) is 20.0 Å². The summed E-state index contributed by atoms with van der Waals surface area (Å²) < 4.78 is 43.7. The van der Waals surface area contributed by atoms with Crippen LogP contribution in [0.5, 0.6) is 0 Å². The van der Waals surface area contributed by atoms with Crippen molar-refractivity contribution in [2.75, 3.05) is 64.8 Å². The molecular formula is C33H46F3N5O2. The molecule has 0 saturated carbocycles. The smallest absolute Gasteiger partial charge is 0.227 e. The summed E-state index contributed by atoms with van der Waals surface area (Å²) >= 11 is 0. The molecule has 2 aromatic carbocycles. The van der Waals surface area contributed by atoms with Crippen LogP contribution in [0, 0.1) is 29.3 Å². The van der Waals surface area contributed by atoms with Crippen LogP contribution in [0.4, 0.5) is 18.9 Å². The molecule has 2 heterocycles. The average Bonchev–Trinajstić information content (AvgIpc) is 3.40. The number of amides is 2. The van der Waals surface area contributed by atoms with Gasteiger partial charge in [0.15, 0.2) is 0 Å². The fourth-order valence-electron chi connectivity index (χ4n) is 6.31. The van der Waals surface area contributed by atoms with Crippen LogP contribution in [0.1, 0.15) is 57.2 Å². The summed E-state index contributed by atoms with van der Waals surface area (Å²) in [5.41, 5.74) is 1.69. The van der Waals surface area contributed by atoms with Gasteiger partial charge in [0.05, 0.1) is 17.6 Å². The van der Waals surface area contributed by atoms with Gasteiger partial charge >= 0.3 is 0 Å². The minimum atomic E-state index is -0.646. The number of hydrogen-bond acceptors (Lipinski definition) is 5. The Labute approximate surface area is 254 Å². The lowest BCUT2D eigenvalue weighted by atomic mass is 9.87. The summed E-state index contributed by atoms with van der Waals surface area (Å²) in [6.07, 6.45) is 0.348. The Bertz CT molecular complexity index is 1260. The molecule has 0 spiro atoms. The molecule has 0 bridgehead atoms. The van der Waals surface area contributed by atoms with Crippen LogP contribution in [-0.4, -0.2) is 92.5 Å². The topological polar surface area (TPSA) is 59.1 Å². The molecule has 4 rings (SSSR count). The molecule has 2 aromatic rings. The van der Waals surface area contributed by atoms with E-state index in [9.17, 15) is 18.4 Å². The van der Waals surface area contributed by atoms with Crippen molar-refractivity contribution in [1.29, 1.82) is 0 Å². The Morgan fingerprint density at radius 1 is 0.953 bits per heavy atom. The van der Waals surface area contributed by atoms with E-state index in [0.29, 0.717) is 63.5 Å². The summed E-state index contributed by atoms with van der Waals surface area (Å²) in [6, 6.07) is 8.31. The Hall–Kier alpha value is -3.11. The van der Waals surface area contributed by atoms with Gasteiger partial charge in [-0.15, -0.1) is 0 Å². The van der Waals surface area contributed by atoms with Crippen molar-refractivity contribution < 1.29 is 22.8 Å². The van der Waals surface area contributed by atoms with Crippen LogP contribution < -0.4 is 10.2 Å². The van der Waals surface area contributed by atoms with Gasteiger partial charge in [0.25, 0.3) is 0 Å². The summed E-state index contributed by atoms with van der Waals surface area (Å²) in [6.45, 7) is 11.5. The number of piperazine rings is 1. The normalized spacial score (nSPS) is 20.4. The van der Waals surface area contributed by atoms with Gasteiger partial charge in [0.1, 0.15) is 17.5 Å². The molecule has 2 amide bonds. The second-order valence-corrected chi connectivity index (χ2v) is 12.8. The fourth-order valence-corrected chi connectivity index (χ4v) is 6.31. The highest BCUT2D eigenvalue weighted by molar-refractivity contribution is 5.81. The Balaban J connectivity index is 1.50. The number of nitrogens with zero attached hydrogens (tertiary/aromatic N) is 4. The number of nitrogens with one attached hydrogen (secondary N) is 1. The highest BCUT2D eigenvalue weighted by Gasteiger charge is 2.42. The van der Waals surface area contributed by atoms with Gasteiger partial charge in [0, 0.05) is 75.8 Å². The third-order valence-corrected chi connectivity index (χ3v) is 8.74. The lowest BCUT2D eigenvalue weighted by Gasteiger charge is -2.39. The first kappa shape index (κ1) is 32.8. The number of carbonyl (C=O) groups is 2. The molecule has 3 atom stereocenters. The molecule has 236 valence electrons. The third kappa shape index (κ3) is 7.89. The lowest BCUT2D eigenvalue weighted by molar-refractivity contribution is -0.136. The second kappa shape index (κ2) is 14.1. The van der Waals surface area contributed by atoms with Crippen molar-refractivity contribution in [3.8, 4) is 0 Å². The molecule has 1 N–H and O–H groups in total. The van der Waals surface area contributed by atoms with Crippen molar-refractivity contribution >= 4 is 17.5 Å². The quantitative estimate of drug-likeness (QED) is 0.430. The Kier molecular flexibility index (Phi) is 10.8. The maximum Gasteiger partial charge on any atom is 0.227 e. The summed E-state index contributed by atoms with van der Waals surface area (Å²) in [5.74, 6) is -2.50. The second-order valence-electron chi connectivity index (χ2n) is 12.8. The van der Waals surface area contributed by atoms with E-state index < -0.39 is 17.6 Å². The first-order valence-electron chi connectivity index (χ1n) is 15.3. The van der Waals surface area contributed by atoms with Gasteiger partial charge in [-0.3, -0.25) is 14.5 Å². The minimum Gasteiger partial charge on any atom is -0.365 e. The predicted molar refractivity (Wildman–Crippen MR) is 163 cm³/mol. The molecule has 0 aromatic heterocycles. The number of benzene rings is 2. The Morgan fingerprint density at radius 3 is 2.19 bits per heavy atom. The number of anilines is 1. The summed E-state index contributed by atoms with van der Waals surface area (Å²) in [5, 5.41) is 3.12. The molecule has 2 aliphatic heterocycles. The minimum absolute atomic E-state index is 0.0302. The van der Waals surface area contributed by atoms with Crippen molar-refractivity contribution in [3.63, 3.8) is 0 Å². The first-order chi connectivity index (χ1) is 20.3. The zero-order valence-corrected chi connectivity index (χ0v) is 26.2. The van der Waals surface area contributed by atoms with Crippen LogP contribution in [-0.2, 0) is 9.59 Å². The van der Waals surface area contributed by atoms with Crippen LogP contribution in [0.15, 0.2) is 36.4 Å². The molecule has 43 heavy (non-hydrogen) atoms. The molecule has 2 aliphatic rings. The largest absolute Gasteiger partial charge is 0.365 e. The Morgan fingerprint density at radius 2 is 1.60 bits per heavy atom. The van der Waals surface area contributed by atoms with E-state index in [1.54, 1.807) is 11.0 Å². The highest BCUT2D eigenvalue weighted by Crippen LogP contribution is 2.37. The van der Waals surface area contributed by atoms with Crippen molar-refractivity contribution in [3.05, 3.63) is 65.0 Å². The van der Waals surface area contributed by atoms with Crippen molar-refractivity contribution in [2.24, 2.45) is 11.8 Å². The fraction of sp³-hybridized carbons (Fsp3) is 0.576. The van der Waals surface area contributed by atoms with E-state index >= 15 is 4.39 Å². The molecule has 0 aliphatic carbocycles. The standard InChI is InChI=1S/C33H46F3N5O2/c1-21(2)31(37-30(42)10-11-38(5)6)26-8-7-9-29(36)32(26)39-12-14-40(15-13-39)33(43)28-20-41(22(3)4)19-27(28)23-16-24(34)18-25(35)17-23/h7-9,16-18,21-22,27-28,31H,10-15,19-20H2,1-6H3,(H,37,42)/t27-,28+,31-/m0/s1. The zero-order chi connectivity index (χ0) is 31.4. The lowest BCUT2D eigenvalue weighted by Crippen LogP contribution is -2.52. The van der Waals surface area contributed by atoms with Crippen LogP contribution in [0.2, 0.25) is 0 Å². The van der Waals surface area contributed by atoms with Gasteiger partial charge in [-0.05, 0) is 57.6 Å². The molecule has 10 heteroatoms. The van der Waals surface area contributed by atoms with Gasteiger partial charge in [-0.1, -0.05) is 26.0 Å². The SMILES string of the molecule is CC(C)[C@H](NC(=O)CCN(C)C)c1cccc(F)c1N1CCN(C(=O)[C@@H]2CN(C(C)C)C[C@H]2c2cc(F)cc(F)c2)CC1. The maximum absolute atomic E-state index is 15.5. The zero-order valence-electron chi connectivity index (χ0n) is 26.2. The number of rotatable bonds is 10. The van der Waals surface area contributed by atoms with E-state index in [1.807, 2.05) is 43.8 Å². The molecule has 0 unspecified atom stereocenters. The van der Waals surface area contributed by atoms with E-state index in [2.05, 4.69) is 24.1 Å². The van der Waals surface area contributed by atoms with Crippen molar-refractivity contribution in [2.45, 2.75) is 52.1 Å². The van der Waals surface area contributed by atoms with E-state index in [1.165, 1.54) is 18.2 Å². The predicted octanol–water partition coefficient (Wildman–Crippen LogP) is 4.64. The average molecular weight is 602 g/mol. The van der Waals surface area contributed by atoms with E-state index in [0.717, 1.165) is 11.6 Å². The molecule has 0 radical (unpaired) electrons.